The van der Waals surface area contributed by atoms with Crippen LogP contribution in [0.3, 0.4) is 0 Å². The van der Waals surface area contributed by atoms with Crippen LogP contribution in [0.4, 0.5) is 0 Å². The fourth-order valence-corrected chi connectivity index (χ4v) is 4.07. The Hall–Kier alpha value is -4.19. The minimum Gasteiger partial charge on any atom is -0.423 e. The molecule has 0 N–H and O–H groups in total. The molecule has 1 fully saturated rings. The van der Waals surface area contributed by atoms with Gasteiger partial charge >= 0.3 is 17.9 Å². The molecule has 2 aromatic carbocycles. The highest BCUT2D eigenvalue weighted by Gasteiger charge is 2.22. The first kappa shape index (κ1) is 25.4. The average molecular weight is 473 g/mol. The van der Waals surface area contributed by atoms with Gasteiger partial charge in [-0.2, -0.15) is 0 Å². The van der Waals surface area contributed by atoms with E-state index >= 15 is 0 Å². The molecule has 1 unspecified atom stereocenters. The molecule has 1 aliphatic rings. The molecule has 0 heterocycles. The van der Waals surface area contributed by atoms with E-state index in [4.69, 9.17) is 14.2 Å². The summed E-state index contributed by atoms with van der Waals surface area (Å²) in [5.74, 6) is -0.913. The van der Waals surface area contributed by atoms with Crippen LogP contribution in [0, 0.1) is 5.92 Å². The highest BCUT2D eigenvalue weighted by Crippen LogP contribution is 2.41. The van der Waals surface area contributed by atoms with Crippen molar-refractivity contribution >= 4 is 23.5 Å². The van der Waals surface area contributed by atoms with Crippen LogP contribution in [0.1, 0.15) is 43.7 Å². The molecule has 3 rings (SSSR count). The SMILES string of the molecule is C=CC(=O)Oc1ccc(C(=C2CCCCC2C)c2ccc(OC(=O)C=C)c(OC(=O)C=C)c2)cc1. The summed E-state index contributed by atoms with van der Waals surface area (Å²) in [4.78, 5) is 35.3. The number of hydrogen-bond acceptors (Lipinski definition) is 6. The van der Waals surface area contributed by atoms with Gasteiger partial charge in [0, 0.05) is 18.2 Å². The Morgan fingerprint density at radius 2 is 1.34 bits per heavy atom. The van der Waals surface area contributed by atoms with Crippen LogP contribution in [-0.4, -0.2) is 17.9 Å². The Bertz CT molecular complexity index is 1190. The number of allylic oxidation sites excluding steroid dienone is 1. The van der Waals surface area contributed by atoms with Gasteiger partial charge in [-0.05, 0) is 66.1 Å². The van der Waals surface area contributed by atoms with Gasteiger partial charge < -0.3 is 14.2 Å². The average Bonchev–Trinajstić information content (AvgIpc) is 2.87. The summed E-state index contributed by atoms with van der Waals surface area (Å²) in [5, 5.41) is 0. The van der Waals surface area contributed by atoms with E-state index in [1.807, 2.05) is 18.2 Å². The molecular formula is C29H28O6. The molecule has 0 aliphatic heterocycles. The lowest BCUT2D eigenvalue weighted by atomic mass is 9.79. The minimum absolute atomic E-state index is 0.0979. The van der Waals surface area contributed by atoms with Crippen LogP contribution in [0.15, 0.2) is 86.0 Å². The van der Waals surface area contributed by atoms with Crippen LogP contribution < -0.4 is 14.2 Å². The van der Waals surface area contributed by atoms with Crippen molar-refractivity contribution in [2.24, 2.45) is 5.92 Å². The van der Waals surface area contributed by atoms with Crippen LogP contribution in [-0.2, 0) is 14.4 Å². The number of benzene rings is 2. The van der Waals surface area contributed by atoms with Crippen molar-refractivity contribution in [2.45, 2.75) is 32.6 Å². The lowest BCUT2D eigenvalue weighted by Gasteiger charge is -2.26. The Kier molecular flexibility index (Phi) is 8.57. The van der Waals surface area contributed by atoms with Crippen molar-refractivity contribution in [1.82, 2.24) is 0 Å². The molecule has 0 bridgehead atoms. The molecule has 1 atom stereocenters. The Morgan fingerprint density at radius 1 is 0.771 bits per heavy atom. The molecule has 0 saturated heterocycles. The van der Waals surface area contributed by atoms with E-state index in [0.29, 0.717) is 11.7 Å². The largest absolute Gasteiger partial charge is 0.423 e. The second kappa shape index (κ2) is 11.8. The first-order chi connectivity index (χ1) is 16.9. The highest BCUT2D eigenvalue weighted by atomic mass is 16.6. The van der Waals surface area contributed by atoms with E-state index in [1.54, 1.807) is 24.3 Å². The molecular weight excluding hydrogens is 444 g/mol. The molecule has 1 saturated carbocycles. The standard InChI is InChI=1S/C29H28O6/c1-5-26(30)33-22-15-12-20(13-16-22)29(23-11-9-8-10-19(23)4)21-14-17-24(34-27(31)6-2)25(18-21)35-28(32)7-3/h5-7,12-19H,1-3,8-11H2,4H3. The van der Waals surface area contributed by atoms with Gasteiger partial charge in [0.2, 0.25) is 0 Å². The molecule has 6 nitrogen and oxygen atoms in total. The summed E-state index contributed by atoms with van der Waals surface area (Å²) in [6.45, 7) is 12.5. The fraction of sp³-hybridized carbons (Fsp3) is 0.207. The normalized spacial score (nSPS) is 16.4. The number of hydrogen-bond donors (Lipinski definition) is 0. The van der Waals surface area contributed by atoms with Crippen LogP contribution in [0.2, 0.25) is 0 Å². The summed E-state index contributed by atoms with van der Waals surface area (Å²) >= 11 is 0. The predicted octanol–water partition coefficient (Wildman–Crippen LogP) is 5.97. The van der Waals surface area contributed by atoms with Crippen molar-refractivity contribution < 1.29 is 28.6 Å². The van der Waals surface area contributed by atoms with E-state index in [0.717, 1.165) is 60.6 Å². The molecule has 180 valence electrons. The Balaban J connectivity index is 2.13. The van der Waals surface area contributed by atoms with E-state index < -0.39 is 17.9 Å². The maximum atomic E-state index is 12.0. The number of carbonyl (C=O) groups is 3. The first-order valence-electron chi connectivity index (χ1n) is 11.4. The zero-order valence-corrected chi connectivity index (χ0v) is 19.8. The van der Waals surface area contributed by atoms with Gasteiger partial charge in [-0.3, -0.25) is 0 Å². The van der Waals surface area contributed by atoms with E-state index in [1.165, 1.54) is 5.57 Å². The molecule has 0 spiro atoms. The maximum absolute atomic E-state index is 12.0. The maximum Gasteiger partial charge on any atom is 0.335 e. The summed E-state index contributed by atoms with van der Waals surface area (Å²) in [7, 11) is 0. The monoisotopic (exact) mass is 472 g/mol. The van der Waals surface area contributed by atoms with E-state index in [9.17, 15) is 14.4 Å². The lowest BCUT2D eigenvalue weighted by molar-refractivity contribution is -0.131. The van der Waals surface area contributed by atoms with Gasteiger partial charge in [-0.25, -0.2) is 14.4 Å². The van der Waals surface area contributed by atoms with Crippen molar-refractivity contribution in [3.05, 3.63) is 97.1 Å². The lowest BCUT2D eigenvalue weighted by Crippen LogP contribution is -2.11. The van der Waals surface area contributed by atoms with E-state index in [-0.39, 0.29) is 11.5 Å². The summed E-state index contributed by atoms with van der Waals surface area (Å²) < 4.78 is 15.9. The third-order valence-corrected chi connectivity index (χ3v) is 5.76. The molecule has 0 amide bonds. The van der Waals surface area contributed by atoms with Gasteiger partial charge in [-0.15, -0.1) is 0 Å². The first-order valence-corrected chi connectivity index (χ1v) is 11.4. The molecule has 0 aromatic heterocycles. The number of ether oxygens (including phenoxy) is 3. The number of carbonyl (C=O) groups excluding carboxylic acids is 3. The second-order valence-corrected chi connectivity index (χ2v) is 8.11. The number of esters is 3. The molecule has 6 heteroatoms. The van der Waals surface area contributed by atoms with Crippen molar-refractivity contribution in [2.75, 3.05) is 0 Å². The van der Waals surface area contributed by atoms with Gasteiger partial charge in [0.1, 0.15) is 5.75 Å². The van der Waals surface area contributed by atoms with Gasteiger partial charge in [0.15, 0.2) is 11.5 Å². The van der Waals surface area contributed by atoms with Crippen molar-refractivity contribution in [3.8, 4) is 17.2 Å². The van der Waals surface area contributed by atoms with E-state index in [2.05, 4.69) is 26.7 Å². The van der Waals surface area contributed by atoms with Crippen LogP contribution in [0.5, 0.6) is 17.2 Å². The third-order valence-electron chi connectivity index (χ3n) is 5.76. The molecule has 35 heavy (non-hydrogen) atoms. The summed E-state index contributed by atoms with van der Waals surface area (Å²) in [6, 6.07) is 12.3. The van der Waals surface area contributed by atoms with Gasteiger partial charge in [0.25, 0.3) is 0 Å². The minimum atomic E-state index is -0.674. The fourth-order valence-electron chi connectivity index (χ4n) is 4.07. The number of rotatable bonds is 8. The predicted molar refractivity (Wildman–Crippen MR) is 134 cm³/mol. The molecule has 0 radical (unpaired) electrons. The van der Waals surface area contributed by atoms with Gasteiger partial charge in [0.05, 0.1) is 0 Å². The third kappa shape index (κ3) is 6.44. The summed E-state index contributed by atoms with van der Waals surface area (Å²) in [5.41, 5.74) is 4.00. The topological polar surface area (TPSA) is 78.9 Å². The van der Waals surface area contributed by atoms with Crippen LogP contribution in [0.25, 0.3) is 5.57 Å². The molecule has 2 aromatic rings. The smallest absolute Gasteiger partial charge is 0.335 e. The van der Waals surface area contributed by atoms with Gasteiger partial charge in [-0.1, -0.05) is 56.9 Å². The zero-order valence-electron chi connectivity index (χ0n) is 19.8. The Morgan fingerprint density at radius 3 is 1.94 bits per heavy atom. The van der Waals surface area contributed by atoms with Crippen molar-refractivity contribution in [1.29, 1.82) is 0 Å². The quantitative estimate of drug-likeness (QED) is 0.267. The van der Waals surface area contributed by atoms with Crippen molar-refractivity contribution in [3.63, 3.8) is 0 Å². The molecule has 1 aliphatic carbocycles. The summed E-state index contributed by atoms with van der Waals surface area (Å²) in [6.07, 6.45) is 7.42. The van der Waals surface area contributed by atoms with Crippen LogP contribution >= 0.6 is 0 Å². The highest BCUT2D eigenvalue weighted by molar-refractivity contribution is 5.88. The second-order valence-electron chi connectivity index (χ2n) is 8.11. The Labute approximate surface area is 205 Å². The zero-order chi connectivity index (χ0) is 25.4.